The summed E-state index contributed by atoms with van der Waals surface area (Å²) in [4.78, 5) is 11.9. The maximum Gasteiger partial charge on any atom is 0.272 e. The minimum atomic E-state index is -0.247. The van der Waals surface area contributed by atoms with E-state index in [-0.39, 0.29) is 5.91 Å². The minimum absolute atomic E-state index is 0.247. The summed E-state index contributed by atoms with van der Waals surface area (Å²) in [5, 5.41) is 17.8. The van der Waals surface area contributed by atoms with Gasteiger partial charge in [0.2, 0.25) is 0 Å². The molecule has 0 atom stereocenters. The number of hydrogen-bond acceptors (Lipinski definition) is 5. The molecule has 2 aromatic heterocycles. The Labute approximate surface area is 117 Å². The van der Waals surface area contributed by atoms with Crippen molar-refractivity contribution in [1.82, 2.24) is 25.3 Å². The molecule has 0 aliphatic carbocycles. The molecule has 0 bridgehead atoms. The monoisotopic (exact) mass is 274 g/mol. The number of amides is 1. The Morgan fingerprint density at radius 1 is 1.35 bits per heavy atom. The Hall–Kier alpha value is -2.44. The predicted octanol–water partition coefficient (Wildman–Crippen LogP) is 0.962. The van der Waals surface area contributed by atoms with Gasteiger partial charge in [-0.05, 0) is 18.6 Å². The Bertz CT molecular complexity index is 562. The Balaban J connectivity index is 1.88. The largest absolute Gasteiger partial charge is 0.369 e. The Morgan fingerprint density at radius 3 is 2.80 bits per heavy atom. The zero-order valence-corrected chi connectivity index (χ0v) is 11.6. The maximum absolute atomic E-state index is 11.9. The van der Waals surface area contributed by atoms with Crippen molar-refractivity contribution in [2.45, 2.75) is 19.9 Å². The van der Waals surface area contributed by atoms with Gasteiger partial charge in [-0.2, -0.15) is 5.10 Å². The van der Waals surface area contributed by atoms with Gasteiger partial charge in [0.15, 0.2) is 5.69 Å². The quantitative estimate of drug-likeness (QED) is 0.819. The lowest BCUT2D eigenvalue weighted by Crippen LogP contribution is -2.24. The molecule has 7 nitrogen and oxygen atoms in total. The van der Waals surface area contributed by atoms with E-state index >= 15 is 0 Å². The average molecular weight is 274 g/mol. The number of carbonyl (C=O) groups excluding carboxylic acids is 1. The third-order valence-corrected chi connectivity index (χ3v) is 2.66. The van der Waals surface area contributed by atoms with Gasteiger partial charge in [0.1, 0.15) is 5.82 Å². The first kappa shape index (κ1) is 14.0. The molecule has 0 saturated carbocycles. The minimum Gasteiger partial charge on any atom is -0.369 e. The van der Waals surface area contributed by atoms with Gasteiger partial charge in [0.05, 0.1) is 6.20 Å². The van der Waals surface area contributed by atoms with Crippen LogP contribution in [0.1, 0.15) is 29.4 Å². The maximum atomic E-state index is 11.9. The van der Waals surface area contributed by atoms with Crippen molar-refractivity contribution < 1.29 is 4.79 Å². The normalized spacial score (nSPS) is 10.3. The summed E-state index contributed by atoms with van der Waals surface area (Å²) in [5.74, 6) is 0.430. The molecule has 1 amide bonds. The number of rotatable bonds is 6. The van der Waals surface area contributed by atoms with Gasteiger partial charge >= 0.3 is 0 Å². The summed E-state index contributed by atoms with van der Waals surface area (Å²) < 4.78 is 1.69. The van der Waals surface area contributed by atoms with Gasteiger partial charge in [0.25, 0.3) is 5.91 Å². The summed E-state index contributed by atoms with van der Waals surface area (Å²) in [5.41, 5.74) is 1.24. The molecule has 0 unspecified atom stereocenters. The first-order valence-corrected chi connectivity index (χ1v) is 6.52. The third-order valence-electron chi connectivity index (χ3n) is 2.66. The molecule has 2 heterocycles. The van der Waals surface area contributed by atoms with E-state index in [2.05, 4.69) is 32.9 Å². The zero-order chi connectivity index (χ0) is 14.4. The fourth-order valence-corrected chi connectivity index (χ4v) is 1.64. The fraction of sp³-hybridized carbons (Fsp3) is 0.385. The van der Waals surface area contributed by atoms with Crippen molar-refractivity contribution in [3.05, 3.63) is 35.8 Å². The Morgan fingerprint density at radius 2 is 2.20 bits per heavy atom. The number of aromatic nitrogens is 4. The van der Waals surface area contributed by atoms with Crippen LogP contribution in [0.3, 0.4) is 0 Å². The fourth-order valence-electron chi connectivity index (χ4n) is 1.64. The second kappa shape index (κ2) is 6.65. The first-order chi connectivity index (χ1) is 9.69. The number of anilines is 1. The molecule has 2 N–H and O–H groups in total. The van der Waals surface area contributed by atoms with Crippen molar-refractivity contribution in [3.8, 4) is 0 Å². The summed E-state index contributed by atoms with van der Waals surface area (Å²) in [6, 6.07) is 3.41. The van der Waals surface area contributed by atoms with Crippen molar-refractivity contribution in [1.29, 1.82) is 0 Å². The van der Waals surface area contributed by atoms with Crippen molar-refractivity contribution in [2.24, 2.45) is 7.05 Å². The first-order valence-electron chi connectivity index (χ1n) is 6.52. The molecule has 0 aliphatic heterocycles. The van der Waals surface area contributed by atoms with Crippen LogP contribution in [0.15, 0.2) is 24.5 Å². The highest BCUT2D eigenvalue weighted by Gasteiger charge is 2.08. The molecule has 2 aromatic rings. The molecule has 106 valence electrons. The van der Waals surface area contributed by atoms with Crippen LogP contribution in [0.2, 0.25) is 0 Å². The molecular formula is C13H18N6O. The SMILES string of the molecule is CCCNc1ccc(C(=O)NCc2cnn(C)c2)nn1. The number of nitrogens with one attached hydrogen (secondary N) is 2. The number of carbonyl (C=O) groups is 1. The number of nitrogens with zero attached hydrogens (tertiary/aromatic N) is 4. The van der Waals surface area contributed by atoms with Crippen LogP contribution in [0.5, 0.6) is 0 Å². The van der Waals surface area contributed by atoms with Crippen LogP contribution in [0, 0.1) is 0 Å². The van der Waals surface area contributed by atoms with E-state index in [9.17, 15) is 4.79 Å². The van der Waals surface area contributed by atoms with Crippen LogP contribution < -0.4 is 10.6 Å². The van der Waals surface area contributed by atoms with Crippen LogP contribution in [-0.4, -0.2) is 32.4 Å². The molecule has 2 rings (SSSR count). The second-order valence-corrected chi connectivity index (χ2v) is 4.44. The molecular weight excluding hydrogens is 256 g/mol. The standard InChI is InChI=1S/C13H18N6O/c1-3-6-14-12-5-4-11(17-18-12)13(20)15-7-10-8-16-19(2)9-10/h4-5,8-9H,3,6-7H2,1-2H3,(H,14,18)(H,15,20). The number of hydrogen-bond donors (Lipinski definition) is 2. The van der Waals surface area contributed by atoms with E-state index in [1.54, 1.807) is 23.0 Å². The van der Waals surface area contributed by atoms with Crippen LogP contribution >= 0.6 is 0 Å². The molecule has 0 fully saturated rings. The summed E-state index contributed by atoms with van der Waals surface area (Å²) >= 11 is 0. The van der Waals surface area contributed by atoms with E-state index < -0.39 is 0 Å². The average Bonchev–Trinajstić information content (AvgIpc) is 2.89. The lowest BCUT2D eigenvalue weighted by Gasteiger charge is -2.04. The van der Waals surface area contributed by atoms with Crippen LogP contribution in [0.25, 0.3) is 0 Å². The van der Waals surface area contributed by atoms with Crippen LogP contribution in [0.4, 0.5) is 5.82 Å². The molecule has 0 aliphatic rings. The third kappa shape index (κ3) is 3.78. The summed E-state index contributed by atoms with van der Waals surface area (Å²) in [6.45, 7) is 3.33. The highest BCUT2D eigenvalue weighted by Crippen LogP contribution is 2.03. The van der Waals surface area contributed by atoms with Crippen molar-refractivity contribution in [2.75, 3.05) is 11.9 Å². The predicted molar refractivity (Wildman–Crippen MR) is 75.2 cm³/mol. The molecule has 20 heavy (non-hydrogen) atoms. The van der Waals surface area contributed by atoms with Crippen molar-refractivity contribution >= 4 is 11.7 Å². The lowest BCUT2D eigenvalue weighted by molar-refractivity contribution is 0.0945. The van der Waals surface area contributed by atoms with E-state index in [0.29, 0.717) is 18.1 Å². The second-order valence-electron chi connectivity index (χ2n) is 4.44. The van der Waals surface area contributed by atoms with Gasteiger partial charge in [-0.15, -0.1) is 10.2 Å². The molecule has 0 spiro atoms. The molecule has 7 heteroatoms. The number of aryl methyl sites for hydroxylation is 1. The zero-order valence-electron chi connectivity index (χ0n) is 11.6. The topological polar surface area (TPSA) is 84.7 Å². The highest BCUT2D eigenvalue weighted by atomic mass is 16.1. The summed E-state index contributed by atoms with van der Waals surface area (Å²) in [6.07, 6.45) is 4.57. The Kier molecular flexibility index (Phi) is 4.65. The summed E-state index contributed by atoms with van der Waals surface area (Å²) in [7, 11) is 1.83. The van der Waals surface area contributed by atoms with Gasteiger partial charge in [-0.3, -0.25) is 9.48 Å². The molecule has 0 radical (unpaired) electrons. The molecule has 0 aromatic carbocycles. The van der Waals surface area contributed by atoms with Crippen LogP contribution in [-0.2, 0) is 13.6 Å². The van der Waals surface area contributed by atoms with E-state index in [0.717, 1.165) is 18.5 Å². The van der Waals surface area contributed by atoms with E-state index in [4.69, 9.17) is 0 Å². The van der Waals surface area contributed by atoms with Gasteiger partial charge < -0.3 is 10.6 Å². The van der Waals surface area contributed by atoms with Gasteiger partial charge in [-0.25, -0.2) is 0 Å². The smallest absolute Gasteiger partial charge is 0.272 e. The highest BCUT2D eigenvalue weighted by molar-refractivity contribution is 5.92. The van der Waals surface area contributed by atoms with Crippen molar-refractivity contribution in [3.63, 3.8) is 0 Å². The van der Waals surface area contributed by atoms with Gasteiger partial charge in [0, 0.05) is 31.9 Å². The lowest BCUT2D eigenvalue weighted by atomic mass is 10.3. The van der Waals surface area contributed by atoms with Gasteiger partial charge in [-0.1, -0.05) is 6.92 Å². The molecule has 0 saturated heterocycles. The van der Waals surface area contributed by atoms with E-state index in [1.165, 1.54) is 0 Å². The van der Waals surface area contributed by atoms with E-state index in [1.807, 2.05) is 13.2 Å².